The fourth-order valence-corrected chi connectivity index (χ4v) is 2.70. The number of thiazole rings is 1. The average Bonchev–Trinajstić information content (AvgIpc) is 2.76. The second-order valence-corrected chi connectivity index (χ2v) is 5.06. The lowest BCUT2D eigenvalue weighted by Crippen LogP contribution is -2.22. The molecule has 0 aromatic carbocycles. The molecule has 5 nitrogen and oxygen atoms in total. The molecule has 0 unspecified atom stereocenters. The van der Waals surface area contributed by atoms with Crippen molar-refractivity contribution in [2.24, 2.45) is 0 Å². The first-order valence-corrected chi connectivity index (χ1v) is 6.87. The van der Waals surface area contributed by atoms with Gasteiger partial charge in [0.1, 0.15) is 0 Å². The summed E-state index contributed by atoms with van der Waals surface area (Å²) in [6, 6.07) is 0. The van der Waals surface area contributed by atoms with Gasteiger partial charge in [-0.15, -0.1) is 11.3 Å². The van der Waals surface area contributed by atoms with Crippen molar-refractivity contribution < 1.29 is 14.6 Å². The van der Waals surface area contributed by atoms with Crippen LogP contribution in [0.2, 0.25) is 0 Å². The van der Waals surface area contributed by atoms with E-state index < -0.39 is 5.97 Å². The highest BCUT2D eigenvalue weighted by molar-refractivity contribution is 7.11. The van der Waals surface area contributed by atoms with Gasteiger partial charge in [0, 0.05) is 20.1 Å². The van der Waals surface area contributed by atoms with Crippen LogP contribution in [-0.4, -0.2) is 47.8 Å². The summed E-state index contributed by atoms with van der Waals surface area (Å²) in [7, 11) is 1.63. The number of carboxylic acids is 1. The summed E-state index contributed by atoms with van der Waals surface area (Å²) in [5.41, 5.74) is 0.193. The van der Waals surface area contributed by atoms with Gasteiger partial charge in [-0.25, -0.2) is 9.78 Å². The summed E-state index contributed by atoms with van der Waals surface area (Å²) in [6.07, 6.45) is 0.666. The summed E-state index contributed by atoms with van der Waals surface area (Å²) in [5.74, 6) is -0.947. The molecule has 0 bridgehead atoms. The van der Waals surface area contributed by atoms with Crippen LogP contribution in [-0.2, 0) is 17.7 Å². The maximum atomic E-state index is 11.2. The average molecular weight is 272 g/mol. The molecule has 1 N–H and O–H groups in total. The number of ether oxygens (including phenoxy) is 1. The zero-order valence-electron chi connectivity index (χ0n) is 11.1. The summed E-state index contributed by atoms with van der Waals surface area (Å²) in [6.45, 7) is 7.16. The molecule has 0 saturated heterocycles. The summed E-state index contributed by atoms with van der Waals surface area (Å²) in [4.78, 5) is 18.4. The predicted octanol–water partition coefficient (Wildman–Crippen LogP) is 1.87. The number of aromatic carboxylic acids is 1. The predicted molar refractivity (Wildman–Crippen MR) is 71.3 cm³/mol. The Morgan fingerprint density at radius 3 is 2.61 bits per heavy atom. The lowest BCUT2D eigenvalue weighted by molar-refractivity contribution is 0.0688. The van der Waals surface area contributed by atoms with Crippen molar-refractivity contribution in [2.75, 3.05) is 26.8 Å². The number of aromatic nitrogens is 1. The van der Waals surface area contributed by atoms with Crippen molar-refractivity contribution in [2.45, 2.75) is 26.8 Å². The van der Waals surface area contributed by atoms with E-state index in [0.717, 1.165) is 23.0 Å². The van der Waals surface area contributed by atoms with Crippen molar-refractivity contribution in [1.29, 1.82) is 0 Å². The lowest BCUT2D eigenvalue weighted by atomic mass is 10.3. The van der Waals surface area contributed by atoms with Crippen molar-refractivity contribution >= 4 is 17.3 Å². The van der Waals surface area contributed by atoms with Crippen molar-refractivity contribution in [3.63, 3.8) is 0 Å². The third-order valence-electron chi connectivity index (χ3n) is 2.73. The molecule has 6 heteroatoms. The van der Waals surface area contributed by atoms with E-state index in [1.807, 2.05) is 0 Å². The Bertz CT molecular complexity index is 389. The first-order chi connectivity index (χ1) is 8.62. The molecule has 0 atom stereocenters. The molecule has 0 aliphatic carbocycles. The van der Waals surface area contributed by atoms with Crippen LogP contribution < -0.4 is 0 Å². The minimum atomic E-state index is -0.947. The molecule has 1 aromatic heterocycles. The van der Waals surface area contributed by atoms with Gasteiger partial charge in [0.15, 0.2) is 5.69 Å². The molecule has 0 aliphatic heterocycles. The Morgan fingerprint density at radius 2 is 2.11 bits per heavy atom. The molecule has 0 spiro atoms. The minimum absolute atomic E-state index is 0.193. The van der Waals surface area contributed by atoms with E-state index in [4.69, 9.17) is 9.84 Å². The molecule has 102 valence electrons. The van der Waals surface area contributed by atoms with Gasteiger partial charge < -0.3 is 9.84 Å². The first kappa shape index (κ1) is 15.1. The maximum absolute atomic E-state index is 11.2. The summed E-state index contributed by atoms with van der Waals surface area (Å²) in [5, 5.41) is 9.99. The van der Waals surface area contributed by atoms with E-state index in [2.05, 4.69) is 23.7 Å². The molecule has 0 saturated carbocycles. The topological polar surface area (TPSA) is 62.7 Å². The molecule has 1 aromatic rings. The zero-order chi connectivity index (χ0) is 13.5. The molecule has 1 rings (SSSR count). The highest BCUT2D eigenvalue weighted by atomic mass is 32.1. The molecule has 1 heterocycles. The Kier molecular flexibility index (Phi) is 6.24. The monoisotopic (exact) mass is 272 g/mol. The van der Waals surface area contributed by atoms with Crippen molar-refractivity contribution in [1.82, 2.24) is 9.88 Å². The number of rotatable bonds is 8. The molecule has 0 fully saturated rings. The van der Waals surface area contributed by atoms with Crippen molar-refractivity contribution in [3.05, 3.63) is 15.6 Å². The Balaban J connectivity index is 2.86. The number of carbonyl (C=O) groups is 1. The Hall–Kier alpha value is -0.980. The fraction of sp³-hybridized carbons (Fsp3) is 0.667. The van der Waals surface area contributed by atoms with Gasteiger partial charge in [0.25, 0.3) is 0 Å². The van der Waals surface area contributed by atoms with E-state index >= 15 is 0 Å². The number of nitrogens with zero attached hydrogens (tertiary/aromatic N) is 2. The first-order valence-electron chi connectivity index (χ1n) is 6.05. The van der Waals surface area contributed by atoms with Crippen LogP contribution in [0.1, 0.15) is 34.2 Å². The molecule has 0 amide bonds. The second-order valence-electron chi connectivity index (χ2n) is 3.89. The van der Waals surface area contributed by atoms with E-state index in [0.29, 0.717) is 19.6 Å². The maximum Gasteiger partial charge on any atom is 0.355 e. The van der Waals surface area contributed by atoms with E-state index in [-0.39, 0.29) is 5.69 Å². The standard InChI is InChI=1S/C12H20N2O3S/c1-4-14(5-2)8-9-11(12(15)16)13-10(18-9)6-7-17-3/h4-8H2,1-3H3,(H,15,16). The second kappa shape index (κ2) is 7.45. The van der Waals surface area contributed by atoms with Crippen LogP contribution in [0, 0.1) is 0 Å². The Labute approximate surface area is 111 Å². The molecular weight excluding hydrogens is 252 g/mol. The van der Waals surface area contributed by atoms with Gasteiger partial charge in [0.2, 0.25) is 0 Å². The number of hydrogen-bond donors (Lipinski definition) is 1. The molecular formula is C12H20N2O3S. The normalized spacial score (nSPS) is 11.1. The summed E-state index contributed by atoms with van der Waals surface area (Å²) >= 11 is 1.47. The molecule has 0 aliphatic rings. The van der Waals surface area contributed by atoms with Gasteiger partial charge in [-0.05, 0) is 13.1 Å². The van der Waals surface area contributed by atoms with E-state index in [9.17, 15) is 4.79 Å². The van der Waals surface area contributed by atoms with Crippen LogP contribution in [0.4, 0.5) is 0 Å². The highest BCUT2D eigenvalue weighted by Gasteiger charge is 2.18. The van der Waals surface area contributed by atoms with Crippen LogP contribution in [0.5, 0.6) is 0 Å². The highest BCUT2D eigenvalue weighted by Crippen LogP contribution is 2.21. The van der Waals surface area contributed by atoms with Crippen LogP contribution in [0.3, 0.4) is 0 Å². The molecule has 18 heavy (non-hydrogen) atoms. The largest absolute Gasteiger partial charge is 0.476 e. The molecule has 0 radical (unpaired) electrons. The van der Waals surface area contributed by atoms with E-state index in [1.165, 1.54) is 11.3 Å². The van der Waals surface area contributed by atoms with Gasteiger partial charge in [0.05, 0.1) is 16.5 Å². The van der Waals surface area contributed by atoms with Gasteiger partial charge in [-0.3, -0.25) is 4.90 Å². The third kappa shape index (κ3) is 4.04. The quantitative estimate of drug-likeness (QED) is 0.782. The van der Waals surface area contributed by atoms with Gasteiger partial charge >= 0.3 is 5.97 Å². The number of methoxy groups -OCH3 is 1. The summed E-state index contributed by atoms with van der Waals surface area (Å²) < 4.78 is 4.99. The van der Waals surface area contributed by atoms with Gasteiger partial charge in [-0.1, -0.05) is 13.8 Å². The van der Waals surface area contributed by atoms with Crippen LogP contribution in [0.15, 0.2) is 0 Å². The third-order valence-corrected chi connectivity index (χ3v) is 3.83. The van der Waals surface area contributed by atoms with Gasteiger partial charge in [-0.2, -0.15) is 0 Å². The minimum Gasteiger partial charge on any atom is -0.476 e. The number of carboxylic acid groups (broad SMARTS) is 1. The smallest absolute Gasteiger partial charge is 0.355 e. The lowest BCUT2D eigenvalue weighted by Gasteiger charge is -2.16. The van der Waals surface area contributed by atoms with E-state index in [1.54, 1.807) is 7.11 Å². The Morgan fingerprint density at radius 1 is 1.44 bits per heavy atom. The SMILES string of the molecule is CCN(CC)Cc1sc(CCOC)nc1C(=O)O. The van der Waals surface area contributed by atoms with Crippen molar-refractivity contribution in [3.8, 4) is 0 Å². The van der Waals surface area contributed by atoms with Crippen LogP contribution in [0.25, 0.3) is 0 Å². The zero-order valence-corrected chi connectivity index (χ0v) is 11.9. The fourth-order valence-electron chi connectivity index (χ4n) is 1.62. The van der Waals surface area contributed by atoms with Crippen LogP contribution >= 0.6 is 11.3 Å². The number of hydrogen-bond acceptors (Lipinski definition) is 5.